The van der Waals surface area contributed by atoms with E-state index in [9.17, 15) is 17.6 Å². The topological polar surface area (TPSA) is 69.7 Å². The number of carbonyl (C=O) groups excluding carboxylic acids is 1. The van der Waals surface area contributed by atoms with Crippen molar-refractivity contribution in [3.8, 4) is 0 Å². The Hall–Kier alpha value is -1.22. The molecule has 0 aromatic heterocycles. The summed E-state index contributed by atoms with van der Waals surface area (Å²) in [5, 5.41) is 3.06. The molecule has 2 saturated heterocycles. The van der Waals surface area contributed by atoms with E-state index in [0.717, 1.165) is 12.8 Å². The number of amides is 1. The average molecular weight is 432 g/mol. The number of benzene rings is 1. The van der Waals surface area contributed by atoms with Crippen molar-refractivity contribution in [3.05, 3.63) is 34.6 Å². The van der Waals surface area contributed by atoms with Crippen molar-refractivity contribution in [1.82, 2.24) is 13.9 Å². The molecule has 156 valence electrons. The number of hydrogen-bond donors (Lipinski definition) is 1. The zero-order valence-corrected chi connectivity index (χ0v) is 17.6. The van der Waals surface area contributed by atoms with Crippen molar-refractivity contribution in [3.63, 3.8) is 0 Å². The minimum Gasteiger partial charge on any atom is -0.352 e. The first-order valence-corrected chi connectivity index (χ1v) is 11.5. The third kappa shape index (κ3) is 5.03. The molecule has 0 saturated carbocycles. The lowest BCUT2D eigenvalue weighted by Crippen LogP contribution is -2.52. The maximum atomic E-state index is 13.1. The van der Waals surface area contributed by atoms with Crippen molar-refractivity contribution < 1.29 is 17.6 Å². The first kappa shape index (κ1) is 21.5. The van der Waals surface area contributed by atoms with E-state index in [1.165, 1.54) is 22.5 Å². The maximum absolute atomic E-state index is 13.1. The van der Waals surface area contributed by atoms with Gasteiger partial charge in [0.15, 0.2) is 0 Å². The van der Waals surface area contributed by atoms with Crippen molar-refractivity contribution in [2.45, 2.75) is 39.2 Å². The van der Waals surface area contributed by atoms with E-state index in [1.54, 1.807) is 4.31 Å². The third-order valence-electron chi connectivity index (χ3n) is 5.62. The molecule has 0 spiro atoms. The van der Waals surface area contributed by atoms with E-state index in [4.69, 9.17) is 11.6 Å². The summed E-state index contributed by atoms with van der Waals surface area (Å²) in [4.78, 5) is 12.6. The predicted octanol–water partition coefficient (Wildman–Crippen LogP) is 2.78. The summed E-state index contributed by atoms with van der Waals surface area (Å²) >= 11 is 5.99. The van der Waals surface area contributed by atoms with E-state index < -0.39 is 21.9 Å². The number of nitrogens with zero attached hydrogens (tertiary/aromatic N) is 2. The van der Waals surface area contributed by atoms with Crippen LogP contribution >= 0.6 is 11.6 Å². The highest BCUT2D eigenvalue weighted by atomic mass is 35.5. The summed E-state index contributed by atoms with van der Waals surface area (Å²) in [7, 11) is -3.53. The fourth-order valence-electron chi connectivity index (χ4n) is 3.74. The van der Waals surface area contributed by atoms with Gasteiger partial charge in [0, 0.05) is 37.7 Å². The van der Waals surface area contributed by atoms with Crippen molar-refractivity contribution in [1.29, 1.82) is 0 Å². The molecular weight excluding hydrogens is 405 g/mol. The Morgan fingerprint density at radius 3 is 2.61 bits per heavy atom. The highest BCUT2D eigenvalue weighted by Crippen LogP contribution is 2.25. The van der Waals surface area contributed by atoms with Gasteiger partial charge in [-0.05, 0) is 49.3 Å². The normalized spacial score (nSPS) is 22.9. The molecule has 2 fully saturated rings. The van der Waals surface area contributed by atoms with Crippen LogP contribution in [0.25, 0.3) is 0 Å². The first-order chi connectivity index (χ1) is 13.3. The summed E-state index contributed by atoms with van der Waals surface area (Å²) in [6.07, 6.45) is 3.04. The summed E-state index contributed by atoms with van der Waals surface area (Å²) in [5.41, 5.74) is 0.624. The second-order valence-electron chi connectivity index (χ2n) is 7.74. The molecule has 0 radical (unpaired) electrons. The zero-order chi connectivity index (χ0) is 20.3. The quantitative estimate of drug-likeness (QED) is 0.779. The Bertz CT molecular complexity index is 813. The van der Waals surface area contributed by atoms with Gasteiger partial charge in [0.2, 0.25) is 5.91 Å². The van der Waals surface area contributed by atoms with E-state index in [2.05, 4.69) is 12.2 Å². The Morgan fingerprint density at radius 2 is 1.93 bits per heavy atom. The number of nitrogens with one attached hydrogen (secondary N) is 1. The van der Waals surface area contributed by atoms with Crippen molar-refractivity contribution in [2.24, 2.45) is 11.8 Å². The van der Waals surface area contributed by atoms with Crippen LogP contribution in [0.4, 0.5) is 4.39 Å². The van der Waals surface area contributed by atoms with Gasteiger partial charge < -0.3 is 5.32 Å². The molecule has 1 aromatic carbocycles. The minimum absolute atomic E-state index is 0.186. The van der Waals surface area contributed by atoms with Crippen LogP contribution in [0.15, 0.2) is 18.2 Å². The van der Waals surface area contributed by atoms with Gasteiger partial charge in [0.1, 0.15) is 5.82 Å². The summed E-state index contributed by atoms with van der Waals surface area (Å²) in [6, 6.07) is 4.03. The predicted molar refractivity (Wildman–Crippen MR) is 106 cm³/mol. The lowest BCUT2D eigenvalue weighted by Gasteiger charge is -2.37. The molecule has 0 aliphatic carbocycles. The van der Waals surface area contributed by atoms with Crippen LogP contribution in [-0.4, -0.2) is 49.1 Å². The monoisotopic (exact) mass is 431 g/mol. The number of hydrogen-bond acceptors (Lipinski definition) is 3. The van der Waals surface area contributed by atoms with Crippen LogP contribution in [0.2, 0.25) is 5.02 Å². The SMILES string of the molecule is CC1CCN(S(=O)(=O)N2CCCC(C(=O)NCc3ccc(F)cc3Cl)C2)CC1. The molecular formula is C19H27ClFN3O3S. The Morgan fingerprint density at radius 1 is 1.21 bits per heavy atom. The van der Waals surface area contributed by atoms with E-state index in [-0.39, 0.29) is 24.0 Å². The van der Waals surface area contributed by atoms with E-state index >= 15 is 0 Å². The van der Waals surface area contributed by atoms with E-state index in [1.807, 2.05) is 0 Å². The highest BCUT2D eigenvalue weighted by molar-refractivity contribution is 7.86. The van der Waals surface area contributed by atoms with E-state index in [0.29, 0.717) is 44.0 Å². The highest BCUT2D eigenvalue weighted by Gasteiger charge is 2.36. The van der Waals surface area contributed by atoms with Gasteiger partial charge >= 0.3 is 0 Å². The second kappa shape index (κ2) is 9.07. The standard InChI is InChI=1S/C19H27ClFN3O3S/c1-14-6-9-23(10-7-14)28(26,27)24-8-2-3-16(13-24)19(25)22-12-15-4-5-17(21)11-18(15)20/h4-5,11,14,16H,2-3,6-10,12-13H2,1H3,(H,22,25). The van der Waals surface area contributed by atoms with Crippen molar-refractivity contribution in [2.75, 3.05) is 26.2 Å². The van der Waals surface area contributed by atoms with Gasteiger partial charge in [-0.1, -0.05) is 24.6 Å². The molecule has 2 aliphatic heterocycles. The number of rotatable bonds is 5. The molecule has 1 N–H and O–H groups in total. The molecule has 1 unspecified atom stereocenters. The Balaban J connectivity index is 1.58. The summed E-state index contributed by atoms with van der Waals surface area (Å²) < 4.78 is 42.0. The van der Waals surface area contributed by atoms with Gasteiger partial charge in [-0.2, -0.15) is 17.0 Å². The molecule has 6 nitrogen and oxygen atoms in total. The molecule has 1 atom stereocenters. The lowest BCUT2D eigenvalue weighted by molar-refractivity contribution is -0.126. The van der Waals surface area contributed by atoms with Crippen LogP contribution in [0.5, 0.6) is 0 Å². The molecule has 1 aromatic rings. The first-order valence-electron chi connectivity index (χ1n) is 9.74. The molecule has 28 heavy (non-hydrogen) atoms. The summed E-state index contributed by atoms with van der Waals surface area (Å²) in [5.74, 6) is -0.482. The number of carbonyl (C=O) groups is 1. The van der Waals surface area contributed by atoms with Crippen LogP contribution in [0.3, 0.4) is 0 Å². The van der Waals surface area contributed by atoms with Crippen LogP contribution in [0.1, 0.15) is 38.2 Å². The molecule has 3 rings (SSSR count). The van der Waals surface area contributed by atoms with Gasteiger partial charge in [-0.15, -0.1) is 0 Å². The number of piperidine rings is 2. The molecule has 1 amide bonds. The molecule has 2 aliphatic rings. The Kier molecular flexibility index (Phi) is 6.96. The van der Waals surface area contributed by atoms with Crippen LogP contribution in [-0.2, 0) is 21.5 Å². The smallest absolute Gasteiger partial charge is 0.281 e. The minimum atomic E-state index is -3.53. The fourth-order valence-corrected chi connectivity index (χ4v) is 5.70. The number of halogens is 2. The third-order valence-corrected chi connectivity index (χ3v) is 7.97. The van der Waals surface area contributed by atoms with Crippen LogP contribution < -0.4 is 5.32 Å². The van der Waals surface area contributed by atoms with Gasteiger partial charge in [0.05, 0.1) is 5.92 Å². The fraction of sp³-hybridized carbons (Fsp3) is 0.632. The maximum Gasteiger partial charge on any atom is 0.281 e. The lowest BCUT2D eigenvalue weighted by atomic mass is 9.99. The molecule has 2 heterocycles. The average Bonchev–Trinajstić information content (AvgIpc) is 2.67. The zero-order valence-electron chi connectivity index (χ0n) is 16.0. The van der Waals surface area contributed by atoms with Crippen molar-refractivity contribution >= 4 is 27.7 Å². The largest absolute Gasteiger partial charge is 0.352 e. The molecule has 9 heteroatoms. The van der Waals surface area contributed by atoms with Gasteiger partial charge in [-0.3, -0.25) is 4.79 Å². The molecule has 0 bridgehead atoms. The van der Waals surface area contributed by atoms with Gasteiger partial charge in [-0.25, -0.2) is 4.39 Å². The van der Waals surface area contributed by atoms with Crippen LogP contribution in [0, 0.1) is 17.7 Å². The summed E-state index contributed by atoms with van der Waals surface area (Å²) in [6.45, 7) is 4.04. The Labute approximate surface area is 171 Å². The van der Waals surface area contributed by atoms with Gasteiger partial charge in [0.25, 0.3) is 10.2 Å². The second-order valence-corrected chi connectivity index (χ2v) is 10.1.